The minimum absolute atomic E-state index is 0.162. The van der Waals surface area contributed by atoms with Gasteiger partial charge in [-0.25, -0.2) is 4.79 Å². The van der Waals surface area contributed by atoms with Crippen molar-refractivity contribution in [3.8, 4) is 5.75 Å². The van der Waals surface area contributed by atoms with Crippen molar-refractivity contribution in [2.75, 3.05) is 0 Å². The summed E-state index contributed by atoms with van der Waals surface area (Å²) in [5, 5.41) is 11.0. The van der Waals surface area contributed by atoms with E-state index in [-0.39, 0.29) is 6.42 Å². The lowest BCUT2D eigenvalue weighted by Gasteiger charge is -2.11. The molecule has 1 atom stereocenters. The lowest BCUT2D eigenvalue weighted by molar-refractivity contribution is -0.140. The van der Waals surface area contributed by atoms with Crippen LogP contribution in [0, 0.1) is 0 Å². The average molecular weight is 237 g/mol. The molecule has 0 radical (unpaired) electrons. The van der Waals surface area contributed by atoms with Crippen LogP contribution < -0.4 is 10.1 Å². The monoisotopic (exact) mass is 237 g/mol. The molecule has 0 bridgehead atoms. The number of carboxylic acid groups (broad SMARTS) is 1. The van der Waals surface area contributed by atoms with Crippen molar-refractivity contribution >= 4 is 18.9 Å². The van der Waals surface area contributed by atoms with E-state index in [1.165, 1.54) is 0 Å². The average Bonchev–Trinajstić information content (AvgIpc) is 2.31. The second-order valence-corrected chi connectivity index (χ2v) is 3.24. The molecule has 17 heavy (non-hydrogen) atoms. The van der Waals surface area contributed by atoms with Gasteiger partial charge in [-0.15, -0.1) is 0 Å². The van der Waals surface area contributed by atoms with Crippen LogP contribution in [0.5, 0.6) is 5.75 Å². The number of carbonyl (C=O) groups is 3. The van der Waals surface area contributed by atoms with Crippen molar-refractivity contribution in [1.29, 1.82) is 0 Å². The van der Waals surface area contributed by atoms with Crippen LogP contribution in [0.3, 0.4) is 0 Å². The van der Waals surface area contributed by atoms with Crippen molar-refractivity contribution in [2.45, 2.75) is 12.5 Å². The molecule has 1 aromatic rings. The topological polar surface area (TPSA) is 92.7 Å². The Morgan fingerprint density at radius 1 is 1.35 bits per heavy atom. The largest absolute Gasteiger partial charge is 0.480 e. The van der Waals surface area contributed by atoms with Crippen molar-refractivity contribution in [3.63, 3.8) is 0 Å². The molecule has 1 aromatic carbocycles. The quantitative estimate of drug-likeness (QED) is 0.649. The van der Waals surface area contributed by atoms with E-state index in [9.17, 15) is 14.4 Å². The molecule has 1 unspecified atom stereocenters. The first-order chi connectivity index (χ1) is 8.17. The maximum atomic E-state index is 10.8. The van der Waals surface area contributed by atoms with Crippen LogP contribution in [-0.4, -0.2) is 30.0 Å². The number of ether oxygens (including phenoxy) is 1. The standard InChI is InChI=1S/C11H11NO5/c13-6-12-10(11(15)16)5-8-1-3-9(4-2-8)17-7-14/h1-4,6-7,10H,5H2,(H,12,13)(H,15,16). The third-order valence-corrected chi connectivity index (χ3v) is 2.11. The highest BCUT2D eigenvalue weighted by Gasteiger charge is 2.16. The zero-order valence-corrected chi connectivity index (χ0v) is 8.83. The fourth-order valence-electron chi connectivity index (χ4n) is 1.30. The van der Waals surface area contributed by atoms with Gasteiger partial charge < -0.3 is 15.2 Å². The van der Waals surface area contributed by atoms with Crippen molar-refractivity contribution in [1.82, 2.24) is 5.32 Å². The first-order valence-corrected chi connectivity index (χ1v) is 4.79. The lowest BCUT2D eigenvalue weighted by Crippen LogP contribution is -2.37. The molecule has 0 saturated heterocycles. The smallest absolute Gasteiger partial charge is 0.326 e. The van der Waals surface area contributed by atoms with Crippen LogP contribution in [-0.2, 0) is 20.8 Å². The predicted molar refractivity (Wildman–Crippen MR) is 57.5 cm³/mol. The number of hydrogen-bond acceptors (Lipinski definition) is 4. The van der Waals surface area contributed by atoms with E-state index >= 15 is 0 Å². The van der Waals surface area contributed by atoms with Crippen LogP contribution in [0.15, 0.2) is 24.3 Å². The Morgan fingerprint density at radius 2 is 2.00 bits per heavy atom. The molecule has 0 spiro atoms. The molecule has 6 nitrogen and oxygen atoms in total. The second-order valence-electron chi connectivity index (χ2n) is 3.24. The highest BCUT2D eigenvalue weighted by atomic mass is 16.5. The highest BCUT2D eigenvalue weighted by molar-refractivity contribution is 5.76. The normalized spacial score (nSPS) is 11.3. The van der Waals surface area contributed by atoms with Gasteiger partial charge in [-0.2, -0.15) is 0 Å². The van der Waals surface area contributed by atoms with Crippen LogP contribution in [0.1, 0.15) is 5.56 Å². The molecule has 0 aliphatic rings. The number of rotatable bonds is 7. The molecular formula is C11H11NO5. The molecule has 6 heteroatoms. The SMILES string of the molecule is O=CNC(Cc1ccc(OC=O)cc1)C(=O)O. The van der Waals surface area contributed by atoms with Crippen molar-refractivity contribution in [3.05, 3.63) is 29.8 Å². The minimum atomic E-state index is -1.11. The Hall–Kier alpha value is -2.37. The molecule has 0 aromatic heterocycles. The Balaban J connectivity index is 2.69. The summed E-state index contributed by atoms with van der Waals surface area (Å²) in [7, 11) is 0. The third-order valence-electron chi connectivity index (χ3n) is 2.11. The molecule has 0 aliphatic carbocycles. The maximum Gasteiger partial charge on any atom is 0.326 e. The molecule has 0 saturated carbocycles. The lowest BCUT2D eigenvalue weighted by atomic mass is 10.1. The van der Waals surface area contributed by atoms with Crippen molar-refractivity contribution < 1.29 is 24.2 Å². The van der Waals surface area contributed by atoms with E-state index in [0.717, 1.165) is 0 Å². The van der Waals surface area contributed by atoms with E-state index < -0.39 is 12.0 Å². The van der Waals surface area contributed by atoms with Gasteiger partial charge in [-0.1, -0.05) is 12.1 Å². The summed E-state index contributed by atoms with van der Waals surface area (Å²) in [4.78, 5) is 31.0. The highest BCUT2D eigenvalue weighted by Crippen LogP contribution is 2.12. The summed E-state index contributed by atoms with van der Waals surface area (Å²) >= 11 is 0. The van der Waals surface area contributed by atoms with E-state index in [4.69, 9.17) is 5.11 Å². The summed E-state index contributed by atoms with van der Waals surface area (Å²) in [5.74, 6) is -0.732. The molecule has 2 N–H and O–H groups in total. The molecular weight excluding hydrogens is 226 g/mol. The van der Waals surface area contributed by atoms with E-state index in [0.29, 0.717) is 24.2 Å². The molecule has 1 amide bonds. The summed E-state index contributed by atoms with van der Waals surface area (Å²) in [6.45, 7) is 0.309. The van der Waals surface area contributed by atoms with Gasteiger partial charge in [0, 0.05) is 6.42 Å². The molecule has 0 heterocycles. The Bertz CT molecular complexity index is 401. The van der Waals surface area contributed by atoms with Crippen LogP contribution >= 0.6 is 0 Å². The summed E-state index contributed by atoms with van der Waals surface area (Å²) < 4.78 is 4.59. The fourth-order valence-corrected chi connectivity index (χ4v) is 1.30. The zero-order valence-electron chi connectivity index (χ0n) is 8.83. The third kappa shape index (κ3) is 3.94. The number of carbonyl (C=O) groups excluding carboxylic acids is 2. The molecule has 1 rings (SSSR count). The maximum absolute atomic E-state index is 10.8. The van der Waals surface area contributed by atoms with Crippen LogP contribution in [0.25, 0.3) is 0 Å². The minimum Gasteiger partial charge on any atom is -0.480 e. The van der Waals surface area contributed by atoms with Crippen molar-refractivity contribution in [2.24, 2.45) is 0 Å². The number of carboxylic acids is 1. The Kier molecular flexibility index (Phi) is 4.68. The van der Waals surface area contributed by atoms with E-state index in [1.807, 2.05) is 0 Å². The van der Waals surface area contributed by atoms with Gasteiger partial charge in [-0.05, 0) is 17.7 Å². The van der Waals surface area contributed by atoms with Gasteiger partial charge in [0.15, 0.2) is 0 Å². The fraction of sp³-hybridized carbons (Fsp3) is 0.182. The summed E-state index contributed by atoms with van der Waals surface area (Å²) in [5.41, 5.74) is 0.713. The molecule has 0 aliphatic heterocycles. The number of nitrogens with one attached hydrogen (secondary N) is 1. The van der Waals surface area contributed by atoms with Gasteiger partial charge in [0.1, 0.15) is 11.8 Å². The van der Waals surface area contributed by atoms with Crippen LogP contribution in [0.2, 0.25) is 0 Å². The van der Waals surface area contributed by atoms with Gasteiger partial charge in [-0.3, -0.25) is 9.59 Å². The number of aliphatic carboxylic acids is 1. The zero-order chi connectivity index (χ0) is 12.7. The first-order valence-electron chi connectivity index (χ1n) is 4.79. The van der Waals surface area contributed by atoms with E-state index in [2.05, 4.69) is 10.1 Å². The first kappa shape index (κ1) is 12.7. The summed E-state index contributed by atoms with van der Waals surface area (Å²) in [6, 6.07) is 5.38. The molecule has 90 valence electrons. The van der Waals surface area contributed by atoms with E-state index in [1.54, 1.807) is 24.3 Å². The number of benzene rings is 1. The number of hydrogen-bond donors (Lipinski definition) is 2. The van der Waals surface area contributed by atoms with Gasteiger partial charge in [0.2, 0.25) is 6.41 Å². The number of amides is 1. The van der Waals surface area contributed by atoms with Gasteiger partial charge >= 0.3 is 5.97 Å². The Morgan fingerprint density at radius 3 is 2.47 bits per heavy atom. The Labute approximate surface area is 97.2 Å². The second kappa shape index (κ2) is 6.26. The predicted octanol–water partition coefficient (Wildman–Crippen LogP) is -0.0365. The summed E-state index contributed by atoms with van der Waals surface area (Å²) in [6.07, 6.45) is 0.512. The molecule has 0 fully saturated rings. The van der Waals surface area contributed by atoms with Gasteiger partial charge in [0.25, 0.3) is 6.47 Å². The van der Waals surface area contributed by atoms with Gasteiger partial charge in [0.05, 0.1) is 0 Å². The van der Waals surface area contributed by atoms with Crippen LogP contribution in [0.4, 0.5) is 0 Å².